The average molecular weight is 551 g/mol. The van der Waals surface area contributed by atoms with Crippen molar-refractivity contribution < 1.29 is 36.3 Å². The maximum absolute atomic E-state index is 13.8. The number of nitrogens with zero attached hydrogens (tertiary/aromatic N) is 3. The minimum absolute atomic E-state index is 0.0941. The van der Waals surface area contributed by atoms with Gasteiger partial charge in [0.15, 0.2) is 0 Å². The molecular weight excluding hydrogens is 513 g/mol. The zero-order valence-corrected chi connectivity index (χ0v) is 22.6. The van der Waals surface area contributed by atoms with Crippen LogP contribution >= 0.6 is 0 Å². The molecule has 2 fully saturated rings. The normalized spacial score (nSPS) is 19.0. The lowest BCUT2D eigenvalue weighted by Crippen LogP contribution is -2.52. The number of carbonyl (C=O) groups excluding carboxylic acids is 1. The summed E-state index contributed by atoms with van der Waals surface area (Å²) in [5.74, 6) is -2.86. The zero-order chi connectivity index (χ0) is 28.0. The monoisotopic (exact) mass is 550 g/mol. The highest BCUT2D eigenvalue weighted by molar-refractivity contribution is 7.89. The van der Waals surface area contributed by atoms with Crippen molar-refractivity contribution in [3.63, 3.8) is 0 Å². The number of hydrogen-bond acceptors (Lipinski definition) is 6. The van der Waals surface area contributed by atoms with E-state index in [4.69, 9.17) is 9.90 Å². The van der Waals surface area contributed by atoms with Crippen molar-refractivity contribution in [1.29, 1.82) is 0 Å². The number of benzene rings is 1. The molecule has 2 aliphatic heterocycles. The van der Waals surface area contributed by atoms with Crippen LogP contribution in [-0.2, 0) is 19.6 Å². The number of likely N-dealkylation sites (tertiary alicyclic amines) is 1. The van der Waals surface area contributed by atoms with Gasteiger partial charge in [0.1, 0.15) is 0 Å². The van der Waals surface area contributed by atoms with Crippen LogP contribution in [0.2, 0.25) is 0 Å². The van der Waals surface area contributed by atoms with E-state index >= 15 is 0 Å². The van der Waals surface area contributed by atoms with Gasteiger partial charge in [0.25, 0.3) is 0 Å². The molecule has 0 spiro atoms. The Labute approximate surface area is 216 Å². The first-order valence-electron chi connectivity index (χ1n) is 12.3. The molecule has 3 rings (SSSR count). The smallest absolute Gasteiger partial charge is 0.475 e. The van der Waals surface area contributed by atoms with Crippen LogP contribution in [0.15, 0.2) is 17.0 Å². The number of carboxylic acid groups (broad SMARTS) is 1. The number of carboxylic acids is 1. The molecule has 2 aliphatic rings. The number of rotatable bonds is 7. The molecule has 2 saturated heterocycles. The van der Waals surface area contributed by atoms with Gasteiger partial charge in [-0.3, -0.25) is 9.69 Å². The molecule has 1 atom stereocenters. The highest BCUT2D eigenvalue weighted by atomic mass is 32.2. The summed E-state index contributed by atoms with van der Waals surface area (Å²) in [7, 11) is -3.79. The van der Waals surface area contributed by atoms with Gasteiger partial charge in [0.2, 0.25) is 15.9 Å². The highest BCUT2D eigenvalue weighted by Crippen LogP contribution is 2.27. The Morgan fingerprint density at radius 1 is 1.11 bits per heavy atom. The van der Waals surface area contributed by atoms with Crippen molar-refractivity contribution in [2.24, 2.45) is 0 Å². The molecule has 210 valence electrons. The van der Waals surface area contributed by atoms with Crippen LogP contribution in [0.3, 0.4) is 0 Å². The summed E-state index contributed by atoms with van der Waals surface area (Å²) in [6.45, 7) is 12.7. The van der Waals surface area contributed by atoms with Gasteiger partial charge < -0.3 is 15.3 Å². The van der Waals surface area contributed by atoms with E-state index in [9.17, 15) is 26.4 Å². The van der Waals surface area contributed by atoms with E-state index in [1.165, 1.54) is 4.31 Å². The molecule has 1 aromatic carbocycles. The summed E-state index contributed by atoms with van der Waals surface area (Å²) in [5.41, 5.74) is 2.53. The van der Waals surface area contributed by atoms with Crippen LogP contribution in [-0.4, -0.2) is 104 Å². The highest BCUT2D eigenvalue weighted by Gasteiger charge is 2.38. The Morgan fingerprint density at radius 3 is 2.14 bits per heavy atom. The largest absolute Gasteiger partial charge is 0.490 e. The van der Waals surface area contributed by atoms with Crippen LogP contribution < -0.4 is 5.32 Å². The maximum Gasteiger partial charge on any atom is 0.490 e. The number of likely N-dealkylation sites (N-methyl/N-ethyl adjacent to an activating group) is 1. The van der Waals surface area contributed by atoms with Gasteiger partial charge in [0.05, 0.1) is 11.4 Å². The lowest BCUT2D eigenvalue weighted by molar-refractivity contribution is -0.192. The minimum atomic E-state index is -5.08. The number of aryl methyl sites for hydroxylation is 3. The Morgan fingerprint density at radius 2 is 1.65 bits per heavy atom. The van der Waals surface area contributed by atoms with E-state index in [-0.39, 0.29) is 18.5 Å². The van der Waals surface area contributed by atoms with Crippen molar-refractivity contribution >= 4 is 21.9 Å². The standard InChI is InChI=1S/C22H36N4O3S.C2HF3O2/c1-5-24-10-6-7-20(24)15-26(16-21(27)25-11-8-23-9-12-25)30(28,29)22-18(3)13-17(2)14-19(22)4;3-2(4,5)1(6)7/h13-14,20,23H,5-12,15-16H2,1-4H3;(H,6,7). The molecule has 0 bridgehead atoms. The van der Waals surface area contributed by atoms with Crippen molar-refractivity contribution in [2.75, 3.05) is 52.4 Å². The predicted octanol–water partition coefficient (Wildman–Crippen LogP) is 2.15. The van der Waals surface area contributed by atoms with Crippen LogP contribution in [0, 0.1) is 20.8 Å². The molecular formula is C24H37F3N4O5S. The molecule has 1 amide bonds. The van der Waals surface area contributed by atoms with E-state index in [0.29, 0.717) is 24.5 Å². The first-order chi connectivity index (χ1) is 17.2. The quantitative estimate of drug-likeness (QED) is 0.535. The van der Waals surface area contributed by atoms with E-state index in [2.05, 4.69) is 17.1 Å². The minimum Gasteiger partial charge on any atom is -0.475 e. The number of amides is 1. The number of hydrogen-bond donors (Lipinski definition) is 2. The van der Waals surface area contributed by atoms with Crippen LogP contribution in [0.4, 0.5) is 13.2 Å². The number of carbonyl (C=O) groups is 2. The molecule has 37 heavy (non-hydrogen) atoms. The first kappa shape index (κ1) is 31.0. The topological polar surface area (TPSA) is 110 Å². The third-order valence-corrected chi connectivity index (χ3v) is 8.66. The van der Waals surface area contributed by atoms with Gasteiger partial charge in [-0.1, -0.05) is 24.6 Å². The second kappa shape index (κ2) is 13.0. The molecule has 9 nitrogen and oxygen atoms in total. The van der Waals surface area contributed by atoms with Gasteiger partial charge in [-0.25, -0.2) is 13.2 Å². The van der Waals surface area contributed by atoms with Crippen LogP contribution in [0.1, 0.15) is 36.5 Å². The number of halogens is 3. The second-order valence-corrected chi connectivity index (χ2v) is 11.3. The molecule has 0 aliphatic carbocycles. The molecule has 1 unspecified atom stereocenters. The van der Waals surface area contributed by atoms with Gasteiger partial charge in [-0.2, -0.15) is 17.5 Å². The molecule has 1 aromatic rings. The molecule has 0 saturated carbocycles. The molecule has 0 aromatic heterocycles. The van der Waals surface area contributed by atoms with Gasteiger partial charge in [-0.05, 0) is 57.8 Å². The second-order valence-electron chi connectivity index (χ2n) is 9.38. The van der Waals surface area contributed by atoms with Crippen molar-refractivity contribution in [3.05, 3.63) is 28.8 Å². The molecule has 0 radical (unpaired) electrons. The lowest BCUT2D eigenvalue weighted by Gasteiger charge is -2.33. The van der Waals surface area contributed by atoms with Crippen molar-refractivity contribution in [2.45, 2.75) is 57.7 Å². The summed E-state index contributed by atoms with van der Waals surface area (Å²) in [4.78, 5) is 26.4. The van der Waals surface area contributed by atoms with Crippen molar-refractivity contribution in [1.82, 2.24) is 19.4 Å². The molecule has 2 heterocycles. The Hall–Kier alpha value is -2.22. The summed E-state index contributed by atoms with van der Waals surface area (Å²) in [5, 5.41) is 10.4. The molecule has 2 N–H and O–H groups in total. The van der Waals surface area contributed by atoms with Crippen LogP contribution in [0.25, 0.3) is 0 Å². The number of aliphatic carboxylic acids is 1. The maximum atomic E-state index is 13.8. The number of nitrogens with one attached hydrogen (secondary N) is 1. The predicted molar refractivity (Wildman–Crippen MR) is 133 cm³/mol. The number of sulfonamides is 1. The van der Waals surface area contributed by atoms with E-state index in [1.807, 2.05) is 32.9 Å². The molecule has 13 heteroatoms. The first-order valence-corrected chi connectivity index (χ1v) is 13.7. The average Bonchev–Trinajstić information content (AvgIpc) is 3.25. The van der Waals surface area contributed by atoms with Gasteiger partial charge in [-0.15, -0.1) is 0 Å². The fraction of sp³-hybridized carbons (Fsp3) is 0.667. The summed E-state index contributed by atoms with van der Waals surface area (Å²) < 4.78 is 60.8. The number of piperazine rings is 1. The summed E-state index contributed by atoms with van der Waals surface area (Å²) in [6, 6.07) is 3.97. The SMILES string of the molecule is CCN1CCCC1CN(CC(=O)N1CCNCC1)S(=O)(=O)c1c(C)cc(C)cc1C.O=C(O)C(F)(F)F. The van der Waals surface area contributed by atoms with Crippen LogP contribution in [0.5, 0.6) is 0 Å². The zero-order valence-electron chi connectivity index (χ0n) is 21.8. The summed E-state index contributed by atoms with van der Waals surface area (Å²) >= 11 is 0. The Bertz CT molecular complexity index is 1040. The fourth-order valence-corrected chi connectivity index (χ4v) is 6.71. The third kappa shape index (κ3) is 8.39. The number of alkyl halides is 3. The van der Waals surface area contributed by atoms with Gasteiger partial charge in [0, 0.05) is 38.8 Å². The lowest BCUT2D eigenvalue weighted by atomic mass is 10.1. The van der Waals surface area contributed by atoms with E-state index in [1.54, 1.807) is 4.90 Å². The van der Waals surface area contributed by atoms with E-state index in [0.717, 1.165) is 55.7 Å². The van der Waals surface area contributed by atoms with E-state index < -0.39 is 22.2 Å². The third-order valence-electron chi connectivity index (χ3n) is 6.55. The Balaban J connectivity index is 0.000000604. The summed E-state index contributed by atoms with van der Waals surface area (Å²) in [6.07, 6.45) is -3.05. The van der Waals surface area contributed by atoms with Crippen molar-refractivity contribution in [3.8, 4) is 0 Å². The Kier molecular flexibility index (Phi) is 10.9. The fourth-order valence-electron chi connectivity index (χ4n) is 4.87. The van der Waals surface area contributed by atoms with Gasteiger partial charge >= 0.3 is 12.1 Å².